The molecule has 0 spiro atoms. The summed E-state index contributed by atoms with van der Waals surface area (Å²) in [7, 11) is 2.12. The largest absolute Gasteiger partial charge is 0.356 e. The van der Waals surface area contributed by atoms with Gasteiger partial charge in [0.1, 0.15) is 5.82 Å². The smallest absolute Gasteiger partial charge is 0.225 e. The molecule has 1 amide bonds. The number of fused-ring (bicyclic) bond motifs is 1. The van der Waals surface area contributed by atoms with E-state index in [9.17, 15) is 4.79 Å². The van der Waals surface area contributed by atoms with Crippen LogP contribution in [0.4, 0.5) is 5.82 Å². The number of hydrogen-bond donors (Lipinski definition) is 0. The maximum Gasteiger partial charge on any atom is 0.225 e. The molecule has 0 atom stereocenters. The number of piperazine rings is 1. The first-order valence-electron chi connectivity index (χ1n) is 8.73. The number of rotatable bonds is 2. The molecule has 0 unspecified atom stereocenters. The van der Waals surface area contributed by atoms with Crippen LogP contribution in [0.25, 0.3) is 5.65 Å². The molecular weight excluding hydrogens is 304 g/mol. The maximum absolute atomic E-state index is 12.7. The molecule has 7 heteroatoms. The van der Waals surface area contributed by atoms with Gasteiger partial charge < -0.3 is 14.7 Å². The van der Waals surface area contributed by atoms with Gasteiger partial charge in [0.15, 0.2) is 5.65 Å². The lowest BCUT2D eigenvalue weighted by Crippen LogP contribution is -2.50. The summed E-state index contributed by atoms with van der Waals surface area (Å²) < 4.78 is 1.88. The number of amides is 1. The molecule has 4 heterocycles. The average molecular weight is 328 g/mol. The normalized spacial score (nSPS) is 20.7. The highest BCUT2D eigenvalue weighted by Crippen LogP contribution is 2.25. The van der Waals surface area contributed by atoms with E-state index in [1.807, 2.05) is 22.8 Å². The lowest BCUT2D eigenvalue weighted by Gasteiger charge is -2.38. The van der Waals surface area contributed by atoms with Crippen LogP contribution in [0.5, 0.6) is 0 Å². The van der Waals surface area contributed by atoms with E-state index in [4.69, 9.17) is 0 Å². The number of anilines is 1. The fourth-order valence-corrected chi connectivity index (χ4v) is 3.70. The van der Waals surface area contributed by atoms with Crippen molar-refractivity contribution in [3.63, 3.8) is 0 Å². The van der Waals surface area contributed by atoms with E-state index in [1.54, 1.807) is 6.20 Å². The molecule has 0 radical (unpaired) electrons. The van der Waals surface area contributed by atoms with E-state index in [2.05, 4.69) is 31.8 Å². The second-order valence-corrected chi connectivity index (χ2v) is 6.79. The summed E-state index contributed by atoms with van der Waals surface area (Å²) >= 11 is 0. The molecule has 2 aromatic rings. The van der Waals surface area contributed by atoms with E-state index < -0.39 is 0 Å². The minimum atomic E-state index is 0.166. The number of piperidine rings is 1. The first kappa shape index (κ1) is 15.4. The SMILES string of the molecule is CN1CCN(C(=O)C2CCN(c3ccnc4ccnn34)CC2)CC1. The fourth-order valence-electron chi connectivity index (χ4n) is 3.70. The summed E-state index contributed by atoms with van der Waals surface area (Å²) in [5, 5.41) is 4.36. The first-order chi connectivity index (χ1) is 11.7. The summed E-state index contributed by atoms with van der Waals surface area (Å²) in [5.41, 5.74) is 0.864. The first-order valence-corrected chi connectivity index (χ1v) is 8.73. The van der Waals surface area contributed by atoms with Crippen molar-refractivity contribution in [3.8, 4) is 0 Å². The van der Waals surface area contributed by atoms with Crippen LogP contribution in [0.1, 0.15) is 12.8 Å². The number of aromatic nitrogens is 3. The van der Waals surface area contributed by atoms with Crippen LogP contribution >= 0.6 is 0 Å². The Hall–Kier alpha value is -2.15. The molecule has 0 aromatic carbocycles. The Morgan fingerprint density at radius 2 is 1.79 bits per heavy atom. The van der Waals surface area contributed by atoms with Crippen LogP contribution < -0.4 is 4.90 Å². The van der Waals surface area contributed by atoms with Crippen LogP contribution in [-0.2, 0) is 4.79 Å². The number of nitrogens with zero attached hydrogens (tertiary/aromatic N) is 6. The van der Waals surface area contributed by atoms with Crippen molar-refractivity contribution < 1.29 is 4.79 Å². The average Bonchev–Trinajstić information content (AvgIpc) is 3.11. The Balaban J connectivity index is 1.40. The fraction of sp³-hybridized carbons (Fsp3) is 0.588. The molecule has 24 heavy (non-hydrogen) atoms. The summed E-state index contributed by atoms with van der Waals surface area (Å²) in [6.07, 6.45) is 5.43. The van der Waals surface area contributed by atoms with Gasteiger partial charge in [-0.25, -0.2) is 4.98 Å². The highest BCUT2D eigenvalue weighted by atomic mass is 16.2. The Kier molecular flexibility index (Phi) is 4.10. The Bertz CT molecular complexity index is 713. The summed E-state index contributed by atoms with van der Waals surface area (Å²) in [4.78, 5) is 23.7. The van der Waals surface area contributed by atoms with Gasteiger partial charge in [-0.15, -0.1) is 0 Å². The molecular formula is C17H24N6O. The highest BCUT2D eigenvalue weighted by Gasteiger charge is 2.30. The van der Waals surface area contributed by atoms with E-state index in [0.29, 0.717) is 5.91 Å². The van der Waals surface area contributed by atoms with E-state index >= 15 is 0 Å². The van der Waals surface area contributed by atoms with E-state index in [0.717, 1.165) is 63.6 Å². The Labute approximate surface area is 141 Å². The molecule has 0 saturated carbocycles. The van der Waals surface area contributed by atoms with Crippen molar-refractivity contribution >= 4 is 17.4 Å². The van der Waals surface area contributed by atoms with Gasteiger partial charge in [-0.05, 0) is 26.0 Å². The molecule has 2 aliphatic rings. The van der Waals surface area contributed by atoms with Gasteiger partial charge in [-0.3, -0.25) is 4.79 Å². The topological polar surface area (TPSA) is 57.0 Å². The third kappa shape index (κ3) is 2.84. The lowest BCUT2D eigenvalue weighted by molar-refractivity contribution is -0.137. The second kappa shape index (κ2) is 6.39. The molecule has 2 aliphatic heterocycles. The lowest BCUT2D eigenvalue weighted by atomic mass is 9.95. The van der Waals surface area contributed by atoms with Gasteiger partial charge in [0.25, 0.3) is 0 Å². The van der Waals surface area contributed by atoms with Crippen molar-refractivity contribution in [3.05, 3.63) is 24.5 Å². The van der Waals surface area contributed by atoms with Crippen LogP contribution in [0.3, 0.4) is 0 Å². The molecule has 0 aliphatic carbocycles. The van der Waals surface area contributed by atoms with Crippen molar-refractivity contribution in [2.24, 2.45) is 5.92 Å². The minimum absolute atomic E-state index is 0.166. The minimum Gasteiger partial charge on any atom is -0.356 e. The molecule has 2 aromatic heterocycles. The van der Waals surface area contributed by atoms with Crippen LogP contribution in [0.15, 0.2) is 24.5 Å². The van der Waals surface area contributed by atoms with Gasteiger partial charge in [0, 0.05) is 57.4 Å². The Morgan fingerprint density at radius 1 is 1.04 bits per heavy atom. The zero-order chi connectivity index (χ0) is 16.5. The van der Waals surface area contributed by atoms with Crippen molar-refractivity contribution in [1.29, 1.82) is 0 Å². The van der Waals surface area contributed by atoms with Crippen LogP contribution in [0.2, 0.25) is 0 Å². The van der Waals surface area contributed by atoms with E-state index in [-0.39, 0.29) is 5.92 Å². The Morgan fingerprint density at radius 3 is 2.54 bits per heavy atom. The molecule has 128 valence electrons. The monoisotopic (exact) mass is 328 g/mol. The molecule has 4 rings (SSSR count). The summed E-state index contributed by atoms with van der Waals surface area (Å²) in [6.45, 7) is 5.49. The molecule has 2 saturated heterocycles. The summed E-state index contributed by atoms with van der Waals surface area (Å²) in [5.74, 6) is 1.58. The maximum atomic E-state index is 12.7. The van der Waals surface area contributed by atoms with Gasteiger partial charge in [-0.1, -0.05) is 0 Å². The molecule has 7 nitrogen and oxygen atoms in total. The second-order valence-electron chi connectivity index (χ2n) is 6.79. The molecule has 2 fully saturated rings. The number of hydrogen-bond acceptors (Lipinski definition) is 5. The summed E-state index contributed by atoms with van der Waals surface area (Å²) in [6, 6.07) is 3.91. The standard InChI is InChI=1S/C17H24N6O/c1-20-10-12-22(13-11-20)17(24)14-4-8-21(9-5-14)16-3-6-18-15-2-7-19-23(15)16/h2-3,6-7,14H,4-5,8-13H2,1H3. The number of likely N-dealkylation sites (N-methyl/N-ethyl adjacent to an activating group) is 1. The zero-order valence-corrected chi connectivity index (χ0v) is 14.1. The predicted octanol–water partition coefficient (Wildman–Crippen LogP) is 0.720. The van der Waals surface area contributed by atoms with Crippen molar-refractivity contribution in [2.75, 3.05) is 51.2 Å². The quantitative estimate of drug-likeness (QED) is 0.813. The molecule has 0 bridgehead atoms. The van der Waals surface area contributed by atoms with Crippen molar-refractivity contribution in [2.45, 2.75) is 12.8 Å². The third-order valence-electron chi connectivity index (χ3n) is 5.25. The third-order valence-corrected chi connectivity index (χ3v) is 5.25. The van der Waals surface area contributed by atoms with Gasteiger partial charge in [0.2, 0.25) is 5.91 Å². The number of carbonyl (C=O) groups excluding carboxylic acids is 1. The van der Waals surface area contributed by atoms with Crippen LogP contribution in [0, 0.1) is 5.92 Å². The predicted molar refractivity (Wildman–Crippen MR) is 92.0 cm³/mol. The molecule has 0 N–H and O–H groups in total. The zero-order valence-electron chi connectivity index (χ0n) is 14.1. The van der Waals surface area contributed by atoms with Gasteiger partial charge >= 0.3 is 0 Å². The van der Waals surface area contributed by atoms with E-state index in [1.165, 1.54) is 0 Å². The highest BCUT2D eigenvalue weighted by molar-refractivity contribution is 5.79. The van der Waals surface area contributed by atoms with Crippen molar-refractivity contribution in [1.82, 2.24) is 24.4 Å². The number of carbonyl (C=O) groups is 1. The van der Waals surface area contributed by atoms with Crippen LogP contribution in [-0.4, -0.2) is 76.6 Å². The van der Waals surface area contributed by atoms with Gasteiger partial charge in [-0.2, -0.15) is 9.61 Å². The van der Waals surface area contributed by atoms with Gasteiger partial charge in [0.05, 0.1) is 6.20 Å².